The molecule has 122 valence electrons. The minimum atomic E-state index is -4.38. The molecule has 1 heterocycles. The zero-order valence-corrected chi connectivity index (χ0v) is 12.5. The molecule has 0 unspecified atom stereocenters. The van der Waals surface area contributed by atoms with Crippen LogP contribution in [0, 0.1) is 0 Å². The SMILES string of the molecule is O=C(Cc1ccc(C(F)(F)F)cc1)Nc1cccc2ncccc12. The van der Waals surface area contributed by atoms with Crippen LogP contribution in [0.15, 0.2) is 60.8 Å². The summed E-state index contributed by atoms with van der Waals surface area (Å²) in [5.74, 6) is -0.300. The summed E-state index contributed by atoms with van der Waals surface area (Å²) in [5.41, 5.74) is 1.16. The highest BCUT2D eigenvalue weighted by Gasteiger charge is 2.29. The second-order valence-corrected chi connectivity index (χ2v) is 5.30. The molecule has 6 heteroatoms. The van der Waals surface area contributed by atoms with Crippen molar-refractivity contribution < 1.29 is 18.0 Å². The van der Waals surface area contributed by atoms with E-state index in [1.54, 1.807) is 24.4 Å². The summed E-state index contributed by atoms with van der Waals surface area (Å²) in [4.78, 5) is 16.4. The number of hydrogen-bond acceptors (Lipinski definition) is 2. The molecule has 0 radical (unpaired) electrons. The van der Waals surface area contributed by atoms with Gasteiger partial charge in [-0.3, -0.25) is 9.78 Å². The van der Waals surface area contributed by atoms with Crippen molar-refractivity contribution in [2.45, 2.75) is 12.6 Å². The van der Waals surface area contributed by atoms with Crippen LogP contribution in [-0.4, -0.2) is 10.9 Å². The number of halogens is 3. The van der Waals surface area contributed by atoms with E-state index in [-0.39, 0.29) is 12.3 Å². The zero-order chi connectivity index (χ0) is 17.2. The van der Waals surface area contributed by atoms with Gasteiger partial charge in [-0.1, -0.05) is 18.2 Å². The van der Waals surface area contributed by atoms with Crippen LogP contribution in [0.2, 0.25) is 0 Å². The van der Waals surface area contributed by atoms with Gasteiger partial charge in [0, 0.05) is 11.6 Å². The number of amides is 1. The molecule has 3 rings (SSSR count). The number of pyridine rings is 1. The van der Waals surface area contributed by atoms with Gasteiger partial charge in [0.1, 0.15) is 0 Å². The summed E-state index contributed by atoms with van der Waals surface area (Å²) in [5, 5.41) is 3.58. The molecule has 0 saturated carbocycles. The van der Waals surface area contributed by atoms with Crippen LogP contribution in [0.4, 0.5) is 18.9 Å². The number of fused-ring (bicyclic) bond motifs is 1. The Kier molecular flexibility index (Phi) is 4.20. The summed E-state index contributed by atoms with van der Waals surface area (Å²) in [6, 6.07) is 13.6. The first-order chi connectivity index (χ1) is 11.4. The molecular weight excluding hydrogens is 317 g/mol. The van der Waals surface area contributed by atoms with Crippen molar-refractivity contribution in [2.24, 2.45) is 0 Å². The molecule has 3 aromatic rings. The molecule has 2 aromatic carbocycles. The highest BCUT2D eigenvalue weighted by atomic mass is 19.4. The Hall–Kier alpha value is -2.89. The Morgan fingerprint density at radius 3 is 2.46 bits per heavy atom. The fourth-order valence-electron chi connectivity index (χ4n) is 2.40. The smallest absolute Gasteiger partial charge is 0.325 e. The largest absolute Gasteiger partial charge is 0.416 e. The van der Waals surface area contributed by atoms with E-state index in [1.165, 1.54) is 12.1 Å². The van der Waals surface area contributed by atoms with Gasteiger partial charge in [-0.05, 0) is 42.0 Å². The maximum Gasteiger partial charge on any atom is 0.416 e. The third kappa shape index (κ3) is 3.53. The number of carbonyl (C=O) groups is 1. The average Bonchev–Trinajstić information content (AvgIpc) is 2.55. The number of rotatable bonds is 3. The van der Waals surface area contributed by atoms with Gasteiger partial charge in [-0.2, -0.15) is 13.2 Å². The molecule has 24 heavy (non-hydrogen) atoms. The molecule has 0 aliphatic carbocycles. The Bertz CT molecular complexity index is 868. The van der Waals surface area contributed by atoms with Crippen molar-refractivity contribution in [3.05, 3.63) is 71.9 Å². The number of benzene rings is 2. The van der Waals surface area contributed by atoms with E-state index in [9.17, 15) is 18.0 Å². The lowest BCUT2D eigenvalue weighted by molar-refractivity contribution is -0.137. The van der Waals surface area contributed by atoms with Crippen LogP contribution in [0.3, 0.4) is 0 Å². The third-order valence-electron chi connectivity index (χ3n) is 3.57. The summed E-state index contributed by atoms with van der Waals surface area (Å²) in [6.45, 7) is 0. The molecule has 0 aliphatic heterocycles. The fraction of sp³-hybridized carbons (Fsp3) is 0.111. The lowest BCUT2D eigenvalue weighted by atomic mass is 10.1. The van der Waals surface area contributed by atoms with Gasteiger partial charge < -0.3 is 5.32 Å². The van der Waals surface area contributed by atoms with E-state index < -0.39 is 11.7 Å². The topological polar surface area (TPSA) is 42.0 Å². The third-order valence-corrected chi connectivity index (χ3v) is 3.57. The number of carbonyl (C=O) groups excluding carboxylic acids is 1. The number of alkyl halides is 3. The van der Waals surface area contributed by atoms with Crippen LogP contribution >= 0.6 is 0 Å². The Balaban J connectivity index is 1.73. The zero-order valence-electron chi connectivity index (χ0n) is 12.5. The Labute approximate surface area is 136 Å². The summed E-state index contributed by atoms with van der Waals surface area (Å²) in [6.07, 6.45) is -2.72. The minimum Gasteiger partial charge on any atom is -0.325 e. The second kappa shape index (κ2) is 6.31. The molecule has 3 nitrogen and oxygen atoms in total. The maximum absolute atomic E-state index is 12.5. The van der Waals surface area contributed by atoms with E-state index in [4.69, 9.17) is 0 Å². The second-order valence-electron chi connectivity index (χ2n) is 5.30. The molecule has 0 atom stereocenters. The highest BCUT2D eigenvalue weighted by molar-refractivity contribution is 6.01. The average molecular weight is 330 g/mol. The van der Waals surface area contributed by atoms with Crippen LogP contribution in [0.1, 0.15) is 11.1 Å². The first-order valence-corrected chi connectivity index (χ1v) is 7.23. The molecule has 1 N–H and O–H groups in total. The van der Waals surface area contributed by atoms with Crippen molar-refractivity contribution in [1.82, 2.24) is 4.98 Å². The minimum absolute atomic E-state index is 0.00517. The number of nitrogens with zero attached hydrogens (tertiary/aromatic N) is 1. The number of nitrogens with one attached hydrogen (secondary N) is 1. The standard InChI is InChI=1S/C18H13F3N2O/c19-18(20,21)13-8-6-12(7-9-13)11-17(24)23-16-5-1-4-15-14(16)3-2-10-22-15/h1-10H,11H2,(H,23,24). The van der Waals surface area contributed by atoms with Gasteiger partial charge in [0.15, 0.2) is 0 Å². The van der Waals surface area contributed by atoms with Gasteiger partial charge in [0.25, 0.3) is 0 Å². The molecule has 0 saturated heterocycles. The maximum atomic E-state index is 12.5. The Morgan fingerprint density at radius 1 is 1.00 bits per heavy atom. The molecular formula is C18H13F3N2O. The predicted molar refractivity (Wildman–Crippen MR) is 85.5 cm³/mol. The van der Waals surface area contributed by atoms with Crippen molar-refractivity contribution in [1.29, 1.82) is 0 Å². The van der Waals surface area contributed by atoms with Crippen molar-refractivity contribution in [3.63, 3.8) is 0 Å². The number of hydrogen-bond donors (Lipinski definition) is 1. The van der Waals surface area contributed by atoms with E-state index in [1.807, 2.05) is 12.1 Å². The summed E-state index contributed by atoms with van der Waals surface area (Å²) < 4.78 is 37.6. The fourth-order valence-corrected chi connectivity index (χ4v) is 2.40. The van der Waals surface area contributed by atoms with Crippen molar-refractivity contribution >= 4 is 22.5 Å². The van der Waals surface area contributed by atoms with E-state index in [2.05, 4.69) is 10.3 Å². The molecule has 0 fully saturated rings. The van der Waals surface area contributed by atoms with Crippen molar-refractivity contribution in [2.75, 3.05) is 5.32 Å². The lowest BCUT2D eigenvalue weighted by Gasteiger charge is -2.09. The van der Waals surface area contributed by atoms with E-state index in [0.29, 0.717) is 11.3 Å². The van der Waals surface area contributed by atoms with Gasteiger partial charge >= 0.3 is 6.18 Å². The van der Waals surface area contributed by atoms with E-state index in [0.717, 1.165) is 23.0 Å². The van der Waals surface area contributed by atoms with E-state index >= 15 is 0 Å². The molecule has 0 aliphatic rings. The van der Waals surface area contributed by atoms with Crippen LogP contribution < -0.4 is 5.32 Å². The monoisotopic (exact) mass is 330 g/mol. The molecule has 0 bridgehead atoms. The lowest BCUT2D eigenvalue weighted by Crippen LogP contribution is -2.15. The van der Waals surface area contributed by atoms with Crippen LogP contribution in [0.25, 0.3) is 10.9 Å². The first kappa shape index (κ1) is 16.0. The summed E-state index contributed by atoms with van der Waals surface area (Å²) in [7, 11) is 0. The first-order valence-electron chi connectivity index (χ1n) is 7.23. The molecule has 1 amide bonds. The van der Waals surface area contributed by atoms with Gasteiger partial charge in [0.05, 0.1) is 23.2 Å². The highest BCUT2D eigenvalue weighted by Crippen LogP contribution is 2.29. The van der Waals surface area contributed by atoms with Crippen LogP contribution in [0.5, 0.6) is 0 Å². The molecule has 1 aromatic heterocycles. The summed E-state index contributed by atoms with van der Waals surface area (Å²) >= 11 is 0. The van der Waals surface area contributed by atoms with Gasteiger partial charge in [0.2, 0.25) is 5.91 Å². The normalized spacial score (nSPS) is 11.5. The molecule has 0 spiro atoms. The number of aromatic nitrogens is 1. The van der Waals surface area contributed by atoms with Gasteiger partial charge in [-0.15, -0.1) is 0 Å². The quantitative estimate of drug-likeness (QED) is 0.772. The number of anilines is 1. The van der Waals surface area contributed by atoms with Gasteiger partial charge in [-0.25, -0.2) is 0 Å². The Morgan fingerprint density at radius 2 is 1.75 bits per heavy atom. The van der Waals surface area contributed by atoms with Crippen LogP contribution in [-0.2, 0) is 17.4 Å². The predicted octanol–water partition coefficient (Wildman–Crippen LogP) is 4.43. The van der Waals surface area contributed by atoms with Crippen molar-refractivity contribution in [3.8, 4) is 0 Å².